The Morgan fingerprint density at radius 1 is 1.40 bits per heavy atom. The van der Waals surface area contributed by atoms with Gasteiger partial charge in [0.25, 0.3) is 0 Å². The van der Waals surface area contributed by atoms with Gasteiger partial charge >= 0.3 is 5.97 Å². The van der Waals surface area contributed by atoms with E-state index in [1.54, 1.807) is 11.3 Å². The van der Waals surface area contributed by atoms with E-state index in [1.807, 2.05) is 42.6 Å². The molecule has 1 aromatic heterocycles. The first kappa shape index (κ1) is 14.7. The molecule has 0 fully saturated rings. The molecule has 0 aliphatic rings. The van der Waals surface area contributed by atoms with E-state index in [2.05, 4.69) is 4.98 Å². The number of esters is 1. The number of carbonyl (C=O) groups is 1. The summed E-state index contributed by atoms with van der Waals surface area (Å²) < 4.78 is 5.00. The Morgan fingerprint density at radius 3 is 2.60 bits per heavy atom. The van der Waals surface area contributed by atoms with Crippen molar-refractivity contribution in [1.82, 2.24) is 4.98 Å². The molecule has 4 nitrogen and oxygen atoms in total. The van der Waals surface area contributed by atoms with E-state index in [9.17, 15) is 4.79 Å². The van der Waals surface area contributed by atoms with Crippen LogP contribution in [0.1, 0.15) is 16.3 Å². The van der Waals surface area contributed by atoms with Gasteiger partial charge in [-0.3, -0.25) is 4.79 Å². The van der Waals surface area contributed by atoms with Crippen molar-refractivity contribution in [3.63, 3.8) is 0 Å². The number of thiazole rings is 1. The van der Waals surface area contributed by atoms with Crippen molar-refractivity contribution in [2.75, 3.05) is 13.7 Å². The normalized spacial score (nSPS) is 13.8. The molecule has 1 unspecified atom stereocenters. The van der Waals surface area contributed by atoms with Gasteiger partial charge in [0, 0.05) is 18.3 Å². The van der Waals surface area contributed by atoms with Crippen molar-refractivity contribution >= 4 is 17.3 Å². The number of hydrogen-bond acceptors (Lipinski definition) is 5. The fourth-order valence-corrected chi connectivity index (χ4v) is 2.93. The number of nitrogens with zero attached hydrogens (tertiary/aromatic N) is 1. The van der Waals surface area contributed by atoms with Gasteiger partial charge in [-0.15, -0.1) is 11.3 Å². The van der Waals surface area contributed by atoms with Gasteiger partial charge in [0.2, 0.25) is 0 Å². The molecule has 0 bridgehead atoms. The van der Waals surface area contributed by atoms with Crippen molar-refractivity contribution in [3.8, 4) is 0 Å². The van der Waals surface area contributed by atoms with Gasteiger partial charge in [0.15, 0.2) is 0 Å². The van der Waals surface area contributed by atoms with Gasteiger partial charge in [-0.2, -0.15) is 0 Å². The minimum absolute atomic E-state index is 0.181. The Kier molecular flexibility index (Phi) is 4.52. The number of hydrogen-bond donors (Lipinski definition) is 1. The van der Waals surface area contributed by atoms with E-state index in [1.165, 1.54) is 7.11 Å². The summed E-state index contributed by atoms with van der Waals surface area (Å²) in [5.41, 5.74) is 6.80. The van der Waals surface area contributed by atoms with Crippen LogP contribution in [0.4, 0.5) is 0 Å². The van der Waals surface area contributed by atoms with Crippen LogP contribution < -0.4 is 5.73 Å². The Labute approximate surface area is 122 Å². The molecule has 0 aliphatic carbocycles. The first-order chi connectivity index (χ1) is 9.62. The third-order valence-corrected chi connectivity index (χ3v) is 4.22. The molecule has 1 atom stereocenters. The summed E-state index contributed by atoms with van der Waals surface area (Å²) in [5.74, 6) is -0.322. The molecule has 106 valence electrons. The quantitative estimate of drug-likeness (QED) is 0.856. The van der Waals surface area contributed by atoms with Crippen LogP contribution in [-0.4, -0.2) is 24.6 Å². The number of aromatic nitrogens is 1. The molecular formula is C15H18N2O2S. The first-order valence-corrected chi connectivity index (χ1v) is 7.25. The minimum atomic E-state index is -0.878. The lowest BCUT2D eigenvalue weighted by atomic mass is 9.76. The summed E-state index contributed by atoms with van der Waals surface area (Å²) in [7, 11) is 1.39. The minimum Gasteiger partial charge on any atom is -0.468 e. The third kappa shape index (κ3) is 2.73. The fourth-order valence-electron chi connectivity index (χ4n) is 2.32. The van der Waals surface area contributed by atoms with E-state index in [0.29, 0.717) is 6.42 Å². The second kappa shape index (κ2) is 6.15. The molecule has 0 spiro atoms. The van der Waals surface area contributed by atoms with Gasteiger partial charge in [0.1, 0.15) is 5.41 Å². The SMILES string of the molecule is COC(=O)C(CN)(Cc1csc(C)n1)c1ccccc1. The lowest BCUT2D eigenvalue weighted by molar-refractivity contribution is -0.147. The third-order valence-electron chi connectivity index (χ3n) is 3.40. The maximum absolute atomic E-state index is 12.4. The summed E-state index contributed by atoms with van der Waals surface area (Å²) in [5, 5.41) is 2.94. The summed E-state index contributed by atoms with van der Waals surface area (Å²) in [4.78, 5) is 16.8. The zero-order valence-electron chi connectivity index (χ0n) is 11.6. The average molecular weight is 290 g/mol. The first-order valence-electron chi connectivity index (χ1n) is 6.37. The summed E-state index contributed by atoms with van der Waals surface area (Å²) >= 11 is 1.57. The maximum Gasteiger partial charge on any atom is 0.317 e. The number of carbonyl (C=O) groups excluding carboxylic acids is 1. The maximum atomic E-state index is 12.4. The van der Waals surface area contributed by atoms with Crippen molar-refractivity contribution in [2.24, 2.45) is 5.73 Å². The van der Waals surface area contributed by atoms with Crippen LogP contribution in [0.3, 0.4) is 0 Å². The van der Waals surface area contributed by atoms with E-state index >= 15 is 0 Å². The van der Waals surface area contributed by atoms with E-state index in [-0.39, 0.29) is 12.5 Å². The predicted molar refractivity (Wildman–Crippen MR) is 79.7 cm³/mol. The zero-order chi connectivity index (χ0) is 14.6. The molecule has 0 radical (unpaired) electrons. The number of benzene rings is 1. The van der Waals surface area contributed by atoms with Gasteiger partial charge in [0.05, 0.1) is 17.8 Å². The Balaban J connectivity index is 2.45. The number of rotatable bonds is 5. The highest BCUT2D eigenvalue weighted by atomic mass is 32.1. The van der Waals surface area contributed by atoms with Crippen molar-refractivity contribution < 1.29 is 9.53 Å². The molecular weight excluding hydrogens is 272 g/mol. The molecule has 2 rings (SSSR count). The van der Waals surface area contributed by atoms with Crippen LogP contribution in [0.25, 0.3) is 0 Å². The van der Waals surface area contributed by atoms with E-state index < -0.39 is 5.41 Å². The fraction of sp³-hybridized carbons (Fsp3) is 0.333. The van der Waals surface area contributed by atoms with Crippen LogP contribution in [0.15, 0.2) is 35.7 Å². The topological polar surface area (TPSA) is 65.2 Å². The van der Waals surface area contributed by atoms with Crippen LogP contribution in [0.2, 0.25) is 0 Å². The number of ether oxygens (including phenoxy) is 1. The number of aryl methyl sites for hydroxylation is 1. The molecule has 5 heteroatoms. The molecule has 0 saturated heterocycles. The second-order valence-electron chi connectivity index (χ2n) is 4.68. The summed E-state index contributed by atoms with van der Waals surface area (Å²) in [6, 6.07) is 9.52. The Hall–Kier alpha value is -1.72. The molecule has 1 aromatic carbocycles. The highest BCUT2D eigenvalue weighted by molar-refractivity contribution is 7.09. The Morgan fingerprint density at radius 2 is 2.10 bits per heavy atom. The molecule has 20 heavy (non-hydrogen) atoms. The van der Waals surface area contributed by atoms with Gasteiger partial charge in [-0.1, -0.05) is 30.3 Å². The average Bonchev–Trinajstić information content (AvgIpc) is 2.90. The van der Waals surface area contributed by atoms with Crippen LogP contribution >= 0.6 is 11.3 Å². The van der Waals surface area contributed by atoms with E-state index in [4.69, 9.17) is 10.5 Å². The van der Waals surface area contributed by atoms with E-state index in [0.717, 1.165) is 16.3 Å². The van der Waals surface area contributed by atoms with Gasteiger partial charge < -0.3 is 10.5 Å². The lowest BCUT2D eigenvalue weighted by Gasteiger charge is -2.29. The van der Waals surface area contributed by atoms with Crippen LogP contribution in [0, 0.1) is 6.92 Å². The zero-order valence-corrected chi connectivity index (χ0v) is 12.4. The van der Waals surface area contributed by atoms with Crippen molar-refractivity contribution in [2.45, 2.75) is 18.8 Å². The van der Waals surface area contributed by atoms with Gasteiger partial charge in [-0.25, -0.2) is 4.98 Å². The second-order valence-corrected chi connectivity index (χ2v) is 5.74. The summed E-state index contributed by atoms with van der Waals surface area (Å²) in [6.07, 6.45) is 0.449. The standard InChI is InChI=1S/C15H18N2O2S/c1-11-17-13(9-20-11)8-15(10-16,14(18)19-2)12-6-4-3-5-7-12/h3-7,9H,8,10,16H2,1-2H3. The smallest absolute Gasteiger partial charge is 0.317 e. The predicted octanol–water partition coefficient (Wildman–Crippen LogP) is 2.06. The van der Waals surface area contributed by atoms with Crippen LogP contribution in [-0.2, 0) is 21.4 Å². The monoisotopic (exact) mass is 290 g/mol. The van der Waals surface area contributed by atoms with Gasteiger partial charge in [-0.05, 0) is 12.5 Å². The molecule has 0 amide bonds. The largest absolute Gasteiger partial charge is 0.468 e. The summed E-state index contributed by atoms with van der Waals surface area (Å²) in [6.45, 7) is 2.12. The lowest BCUT2D eigenvalue weighted by Crippen LogP contribution is -2.45. The number of methoxy groups -OCH3 is 1. The molecule has 1 heterocycles. The highest BCUT2D eigenvalue weighted by Gasteiger charge is 2.41. The van der Waals surface area contributed by atoms with Crippen LogP contribution in [0.5, 0.6) is 0 Å². The molecule has 2 aromatic rings. The highest BCUT2D eigenvalue weighted by Crippen LogP contribution is 2.29. The molecule has 0 aliphatic heterocycles. The Bertz CT molecular complexity index is 583. The molecule has 0 saturated carbocycles. The van der Waals surface area contributed by atoms with Crippen molar-refractivity contribution in [1.29, 1.82) is 0 Å². The van der Waals surface area contributed by atoms with Crippen molar-refractivity contribution in [3.05, 3.63) is 52.0 Å². The molecule has 2 N–H and O–H groups in total. The number of nitrogens with two attached hydrogens (primary N) is 1.